The molecule has 0 bridgehead atoms. The third-order valence-corrected chi connectivity index (χ3v) is 2.10. The Kier molecular flexibility index (Phi) is 3.08. The van der Waals surface area contributed by atoms with Gasteiger partial charge < -0.3 is 14.2 Å². The molecule has 2 aromatic heterocycles. The summed E-state index contributed by atoms with van der Waals surface area (Å²) in [5.74, 6) is 1.82. The van der Waals surface area contributed by atoms with Crippen LogP contribution in [-0.2, 0) is 6.54 Å². The van der Waals surface area contributed by atoms with E-state index in [0.29, 0.717) is 29.2 Å². The van der Waals surface area contributed by atoms with Crippen LogP contribution in [0.5, 0.6) is 0 Å². The maximum Gasteiger partial charge on any atom is 0.209 e. The summed E-state index contributed by atoms with van der Waals surface area (Å²) in [6.07, 6.45) is 1.63. The molecule has 2 heterocycles. The second kappa shape index (κ2) is 4.51. The first kappa shape index (κ1) is 10.3. The Morgan fingerprint density at radius 2 is 2.20 bits per heavy atom. The summed E-state index contributed by atoms with van der Waals surface area (Å²) < 4.78 is 10.7. The number of furan rings is 1. The van der Waals surface area contributed by atoms with Crippen LogP contribution in [0.1, 0.15) is 12.8 Å². The molecule has 15 heavy (non-hydrogen) atoms. The highest BCUT2D eigenvalue weighted by atomic mass is 35.5. The van der Waals surface area contributed by atoms with Gasteiger partial charge in [0.1, 0.15) is 0 Å². The van der Waals surface area contributed by atoms with E-state index in [1.165, 1.54) is 0 Å². The highest BCUT2D eigenvalue weighted by molar-refractivity contribution is 6.28. The van der Waals surface area contributed by atoms with E-state index in [4.69, 9.17) is 20.4 Å². The molecule has 0 aliphatic rings. The molecule has 0 atom stereocenters. The lowest BCUT2D eigenvalue weighted by atomic mass is 10.4. The van der Waals surface area contributed by atoms with Gasteiger partial charge in [0.2, 0.25) is 5.89 Å². The largest absolute Gasteiger partial charge is 0.441 e. The van der Waals surface area contributed by atoms with Crippen LogP contribution in [0.2, 0.25) is 5.22 Å². The van der Waals surface area contributed by atoms with Crippen molar-refractivity contribution in [3.05, 3.63) is 29.4 Å². The molecular formula is C10H11ClN2O2. The topological polar surface area (TPSA) is 51.2 Å². The average Bonchev–Trinajstić information content (AvgIpc) is 2.83. The van der Waals surface area contributed by atoms with Crippen LogP contribution in [0.4, 0.5) is 0 Å². The highest BCUT2D eigenvalue weighted by Crippen LogP contribution is 2.25. The van der Waals surface area contributed by atoms with E-state index in [1.807, 2.05) is 6.92 Å². The van der Waals surface area contributed by atoms with Crippen LogP contribution in [0.3, 0.4) is 0 Å². The van der Waals surface area contributed by atoms with Crippen LogP contribution < -0.4 is 5.32 Å². The Hall–Kier alpha value is -1.26. The van der Waals surface area contributed by atoms with Crippen molar-refractivity contribution in [2.75, 3.05) is 6.54 Å². The van der Waals surface area contributed by atoms with Crippen molar-refractivity contribution in [1.82, 2.24) is 10.3 Å². The number of nitrogens with zero attached hydrogens (tertiary/aromatic N) is 1. The first-order valence-electron chi connectivity index (χ1n) is 4.70. The number of aromatic nitrogens is 1. The first-order valence-corrected chi connectivity index (χ1v) is 5.08. The smallest absolute Gasteiger partial charge is 0.209 e. The van der Waals surface area contributed by atoms with Gasteiger partial charge in [-0.15, -0.1) is 0 Å². The van der Waals surface area contributed by atoms with E-state index in [-0.39, 0.29) is 0 Å². The zero-order valence-electron chi connectivity index (χ0n) is 8.29. The fraction of sp³-hybridized carbons (Fsp3) is 0.300. The molecule has 0 unspecified atom stereocenters. The molecule has 5 heteroatoms. The van der Waals surface area contributed by atoms with Crippen LogP contribution in [0.15, 0.2) is 27.2 Å². The number of hydrogen-bond acceptors (Lipinski definition) is 4. The van der Waals surface area contributed by atoms with Gasteiger partial charge in [0.05, 0.1) is 12.7 Å². The molecule has 0 saturated heterocycles. The van der Waals surface area contributed by atoms with Crippen LogP contribution >= 0.6 is 11.6 Å². The van der Waals surface area contributed by atoms with Gasteiger partial charge in [0, 0.05) is 0 Å². The molecule has 0 amide bonds. The minimum absolute atomic E-state index is 0.342. The second-order valence-electron chi connectivity index (χ2n) is 3.00. The molecular weight excluding hydrogens is 216 g/mol. The lowest BCUT2D eigenvalue weighted by Crippen LogP contribution is -2.11. The van der Waals surface area contributed by atoms with Gasteiger partial charge in [-0.1, -0.05) is 6.92 Å². The van der Waals surface area contributed by atoms with Gasteiger partial charge in [-0.25, -0.2) is 4.98 Å². The predicted octanol–water partition coefficient (Wildman–Crippen LogP) is 2.70. The van der Waals surface area contributed by atoms with Crippen molar-refractivity contribution in [1.29, 1.82) is 0 Å². The van der Waals surface area contributed by atoms with E-state index in [1.54, 1.807) is 18.3 Å². The summed E-state index contributed by atoms with van der Waals surface area (Å²) in [5.41, 5.74) is 0. The van der Waals surface area contributed by atoms with Crippen LogP contribution in [-0.4, -0.2) is 11.5 Å². The van der Waals surface area contributed by atoms with Gasteiger partial charge >= 0.3 is 0 Å². The highest BCUT2D eigenvalue weighted by Gasteiger charge is 2.09. The number of rotatable bonds is 4. The zero-order valence-corrected chi connectivity index (χ0v) is 9.04. The molecule has 0 aliphatic heterocycles. The summed E-state index contributed by atoms with van der Waals surface area (Å²) >= 11 is 5.66. The van der Waals surface area contributed by atoms with Gasteiger partial charge in [0.15, 0.2) is 16.7 Å². The van der Waals surface area contributed by atoms with Gasteiger partial charge in [-0.05, 0) is 30.3 Å². The minimum atomic E-state index is 0.342. The quantitative estimate of drug-likeness (QED) is 0.871. The summed E-state index contributed by atoms with van der Waals surface area (Å²) in [4.78, 5) is 4.11. The summed E-state index contributed by atoms with van der Waals surface area (Å²) in [6.45, 7) is 3.52. The first-order chi connectivity index (χ1) is 7.29. The maximum absolute atomic E-state index is 5.66. The number of hydrogen-bond donors (Lipinski definition) is 1. The standard InChI is InChI=1S/C10H11ClN2O2/c1-2-12-6-10-13-5-8(15-10)7-3-4-9(11)14-7/h3-5,12H,2,6H2,1H3. The maximum atomic E-state index is 5.66. The van der Waals surface area contributed by atoms with Crippen LogP contribution in [0, 0.1) is 0 Å². The molecule has 0 aromatic carbocycles. The molecule has 0 fully saturated rings. The Morgan fingerprint density at radius 3 is 2.87 bits per heavy atom. The Labute approximate surface area is 92.2 Å². The number of nitrogens with one attached hydrogen (secondary N) is 1. The van der Waals surface area contributed by atoms with Crippen molar-refractivity contribution in [3.8, 4) is 11.5 Å². The molecule has 80 valence electrons. The fourth-order valence-electron chi connectivity index (χ4n) is 1.18. The predicted molar refractivity (Wildman–Crippen MR) is 56.6 cm³/mol. The lowest BCUT2D eigenvalue weighted by molar-refractivity contribution is 0.465. The third-order valence-electron chi connectivity index (χ3n) is 1.90. The molecule has 0 radical (unpaired) electrons. The summed E-state index contributed by atoms with van der Waals surface area (Å²) in [5, 5.41) is 3.46. The van der Waals surface area contributed by atoms with E-state index in [9.17, 15) is 0 Å². The molecule has 4 nitrogen and oxygen atoms in total. The number of oxazole rings is 1. The Balaban J connectivity index is 2.13. The monoisotopic (exact) mass is 226 g/mol. The minimum Gasteiger partial charge on any atom is -0.441 e. The normalized spacial score (nSPS) is 10.8. The van der Waals surface area contributed by atoms with E-state index in [2.05, 4.69) is 10.3 Å². The second-order valence-corrected chi connectivity index (χ2v) is 3.37. The van der Waals surface area contributed by atoms with Gasteiger partial charge in [-0.3, -0.25) is 0 Å². The van der Waals surface area contributed by atoms with Crippen molar-refractivity contribution < 1.29 is 8.83 Å². The molecule has 2 rings (SSSR count). The Bertz CT molecular complexity index is 436. The van der Waals surface area contributed by atoms with Crippen molar-refractivity contribution >= 4 is 11.6 Å². The van der Waals surface area contributed by atoms with Crippen molar-refractivity contribution in [2.24, 2.45) is 0 Å². The zero-order chi connectivity index (χ0) is 10.7. The number of halogens is 1. The van der Waals surface area contributed by atoms with Crippen LogP contribution in [0.25, 0.3) is 11.5 Å². The van der Waals surface area contributed by atoms with E-state index in [0.717, 1.165) is 6.54 Å². The molecule has 2 aromatic rings. The lowest BCUT2D eigenvalue weighted by Gasteiger charge is -1.94. The van der Waals surface area contributed by atoms with Crippen molar-refractivity contribution in [3.63, 3.8) is 0 Å². The van der Waals surface area contributed by atoms with E-state index < -0.39 is 0 Å². The molecule has 0 saturated carbocycles. The third kappa shape index (κ3) is 2.40. The van der Waals surface area contributed by atoms with Crippen molar-refractivity contribution in [2.45, 2.75) is 13.5 Å². The molecule has 0 aliphatic carbocycles. The van der Waals surface area contributed by atoms with Gasteiger partial charge in [-0.2, -0.15) is 0 Å². The van der Waals surface area contributed by atoms with Gasteiger partial charge in [0.25, 0.3) is 0 Å². The molecule has 0 spiro atoms. The fourth-order valence-corrected chi connectivity index (χ4v) is 1.33. The molecule has 1 N–H and O–H groups in total. The summed E-state index contributed by atoms with van der Waals surface area (Å²) in [7, 11) is 0. The van der Waals surface area contributed by atoms with E-state index >= 15 is 0 Å². The average molecular weight is 227 g/mol. The summed E-state index contributed by atoms with van der Waals surface area (Å²) in [6, 6.07) is 3.42. The SMILES string of the molecule is CCNCc1ncc(-c2ccc(Cl)o2)o1. The Morgan fingerprint density at radius 1 is 1.33 bits per heavy atom.